The molecule has 0 spiro atoms. The zero-order valence-electron chi connectivity index (χ0n) is 15.5. The fourth-order valence-electron chi connectivity index (χ4n) is 3.48. The number of H-pyrrole nitrogens is 1. The second kappa shape index (κ2) is 7.26. The number of hydrogen-bond acceptors (Lipinski definition) is 6. The lowest BCUT2D eigenvalue weighted by Crippen LogP contribution is -2.36. The fraction of sp³-hybridized carbons (Fsp3) is 0.238. The molecule has 0 amide bonds. The fourth-order valence-corrected chi connectivity index (χ4v) is 4.56. The van der Waals surface area contributed by atoms with Crippen LogP contribution < -0.4 is 9.64 Å². The molecule has 0 radical (unpaired) electrons. The normalized spacial score (nSPS) is 14.5. The first-order valence-corrected chi connectivity index (χ1v) is 10.1. The van der Waals surface area contributed by atoms with Gasteiger partial charge in [-0.05, 0) is 17.7 Å². The molecular formula is C21H20N4O2S. The van der Waals surface area contributed by atoms with Crippen molar-refractivity contribution in [1.82, 2.24) is 15.0 Å². The van der Waals surface area contributed by atoms with E-state index in [2.05, 4.69) is 33.1 Å². The lowest BCUT2D eigenvalue weighted by atomic mass is 10.2. The van der Waals surface area contributed by atoms with Crippen LogP contribution in [-0.4, -0.2) is 48.4 Å². The molecule has 1 aliphatic heterocycles. The van der Waals surface area contributed by atoms with Gasteiger partial charge in [0.05, 0.1) is 42.6 Å². The quantitative estimate of drug-likeness (QED) is 0.564. The molecule has 0 aliphatic carbocycles. The molecule has 0 atom stereocenters. The number of imidazole rings is 1. The number of thiazole rings is 1. The average molecular weight is 392 g/mol. The Hall–Kier alpha value is -2.90. The third-order valence-electron chi connectivity index (χ3n) is 4.92. The second-order valence-electron chi connectivity index (χ2n) is 6.59. The van der Waals surface area contributed by atoms with Gasteiger partial charge in [0.1, 0.15) is 11.3 Å². The highest BCUT2D eigenvalue weighted by Crippen LogP contribution is 2.40. The third kappa shape index (κ3) is 3.02. The predicted molar refractivity (Wildman–Crippen MR) is 112 cm³/mol. The van der Waals surface area contributed by atoms with Crippen LogP contribution in [0.4, 0.5) is 5.69 Å². The van der Waals surface area contributed by atoms with Crippen molar-refractivity contribution in [2.24, 2.45) is 0 Å². The third-order valence-corrected chi connectivity index (χ3v) is 6.01. The van der Waals surface area contributed by atoms with E-state index in [0.29, 0.717) is 0 Å². The van der Waals surface area contributed by atoms with Crippen LogP contribution in [0.1, 0.15) is 0 Å². The zero-order chi connectivity index (χ0) is 18.9. The van der Waals surface area contributed by atoms with Gasteiger partial charge in [0.25, 0.3) is 0 Å². The molecule has 3 heterocycles. The van der Waals surface area contributed by atoms with Gasteiger partial charge in [-0.2, -0.15) is 0 Å². The van der Waals surface area contributed by atoms with Gasteiger partial charge < -0.3 is 19.4 Å². The molecule has 0 unspecified atom stereocenters. The SMILES string of the molecule is COc1ccc(N2CCOCC2)c2sc(-c3ncc(-c4ccccc4)[nH]3)nc12. The molecule has 0 bridgehead atoms. The van der Waals surface area contributed by atoms with E-state index >= 15 is 0 Å². The number of benzene rings is 2. The van der Waals surface area contributed by atoms with Gasteiger partial charge in [0.15, 0.2) is 10.8 Å². The zero-order valence-corrected chi connectivity index (χ0v) is 16.3. The number of nitrogens with zero attached hydrogens (tertiary/aromatic N) is 3. The number of ether oxygens (including phenoxy) is 2. The molecule has 4 aromatic rings. The van der Waals surface area contributed by atoms with Crippen LogP contribution in [0.2, 0.25) is 0 Å². The Kier molecular flexibility index (Phi) is 4.46. The van der Waals surface area contributed by atoms with Crippen molar-refractivity contribution < 1.29 is 9.47 Å². The van der Waals surface area contributed by atoms with Crippen molar-refractivity contribution in [3.05, 3.63) is 48.7 Å². The first kappa shape index (κ1) is 17.2. The molecule has 2 aromatic carbocycles. The summed E-state index contributed by atoms with van der Waals surface area (Å²) in [5.41, 5.74) is 4.14. The minimum Gasteiger partial charge on any atom is -0.494 e. The summed E-state index contributed by atoms with van der Waals surface area (Å²) in [6.45, 7) is 3.26. The molecule has 0 saturated carbocycles. The number of anilines is 1. The van der Waals surface area contributed by atoms with Crippen LogP contribution in [0.15, 0.2) is 48.7 Å². The minimum atomic E-state index is 0.748. The van der Waals surface area contributed by atoms with Crippen LogP contribution in [0.25, 0.3) is 32.3 Å². The van der Waals surface area contributed by atoms with E-state index in [1.54, 1.807) is 18.4 Å². The van der Waals surface area contributed by atoms with Crippen molar-refractivity contribution in [1.29, 1.82) is 0 Å². The van der Waals surface area contributed by atoms with Gasteiger partial charge >= 0.3 is 0 Å². The van der Waals surface area contributed by atoms with Crippen LogP contribution in [0.3, 0.4) is 0 Å². The van der Waals surface area contributed by atoms with E-state index < -0.39 is 0 Å². The number of hydrogen-bond donors (Lipinski definition) is 1. The first-order chi connectivity index (χ1) is 13.8. The molecule has 1 saturated heterocycles. The highest BCUT2D eigenvalue weighted by Gasteiger charge is 2.20. The van der Waals surface area contributed by atoms with E-state index in [-0.39, 0.29) is 0 Å². The smallest absolute Gasteiger partial charge is 0.167 e. The lowest BCUT2D eigenvalue weighted by Gasteiger charge is -2.29. The van der Waals surface area contributed by atoms with Gasteiger partial charge in [-0.15, -0.1) is 11.3 Å². The van der Waals surface area contributed by atoms with Crippen molar-refractivity contribution in [3.63, 3.8) is 0 Å². The Morgan fingerprint density at radius 1 is 1.11 bits per heavy atom. The molecular weight excluding hydrogens is 372 g/mol. The monoisotopic (exact) mass is 392 g/mol. The van der Waals surface area contributed by atoms with E-state index in [0.717, 1.165) is 64.4 Å². The van der Waals surface area contributed by atoms with Crippen molar-refractivity contribution in [3.8, 4) is 27.8 Å². The van der Waals surface area contributed by atoms with Crippen molar-refractivity contribution in [2.45, 2.75) is 0 Å². The number of aromatic amines is 1. The summed E-state index contributed by atoms with van der Waals surface area (Å²) in [4.78, 5) is 15.2. The van der Waals surface area contributed by atoms with E-state index in [4.69, 9.17) is 14.5 Å². The highest BCUT2D eigenvalue weighted by atomic mass is 32.1. The lowest BCUT2D eigenvalue weighted by molar-refractivity contribution is 0.123. The predicted octanol–water partition coefficient (Wildman–Crippen LogP) is 4.20. The number of aromatic nitrogens is 3. The summed E-state index contributed by atoms with van der Waals surface area (Å²) in [7, 11) is 1.68. The summed E-state index contributed by atoms with van der Waals surface area (Å²) in [6, 6.07) is 14.3. The molecule has 5 rings (SSSR count). The maximum atomic E-state index is 5.56. The second-order valence-corrected chi connectivity index (χ2v) is 7.59. The number of rotatable bonds is 4. The standard InChI is InChI=1S/C21H20N4O2S/c1-26-17-8-7-16(25-9-11-27-12-10-25)19-18(17)24-21(28-19)20-22-13-15(23-20)14-5-3-2-4-6-14/h2-8,13H,9-12H2,1H3,(H,22,23). The number of nitrogens with one attached hydrogen (secondary N) is 1. The van der Waals surface area contributed by atoms with E-state index in [1.165, 1.54) is 5.69 Å². The van der Waals surface area contributed by atoms with Crippen LogP contribution in [0, 0.1) is 0 Å². The molecule has 7 heteroatoms. The minimum absolute atomic E-state index is 0.748. The van der Waals surface area contributed by atoms with Crippen molar-refractivity contribution in [2.75, 3.05) is 38.3 Å². The number of morpholine rings is 1. The number of fused-ring (bicyclic) bond motifs is 1. The van der Waals surface area contributed by atoms with Crippen LogP contribution in [0.5, 0.6) is 5.75 Å². The van der Waals surface area contributed by atoms with E-state index in [9.17, 15) is 0 Å². The molecule has 28 heavy (non-hydrogen) atoms. The van der Waals surface area contributed by atoms with Gasteiger partial charge in [-0.25, -0.2) is 9.97 Å². The Morgan fingerprint density at radius 3 is 2.71 bits per heavy atom. The summed E-state index contributed by atoms with van der Waals surface area (Å²) in [6.07, 6.45) is 1.86. The Labute approximate surface area is 166 Å². The largest absolute Gasteiger partial charge is 0.494 e. The van der Waals surface area contributed by atoms with Gasteiger partial charge in [-0.3, -0.25) is 0 Å². The molecule has 1 fully saturated rings. The Balaban J connectivity index is 1.58. The number of methoxy groups -OCH3 is 1. The maximum Gasteiger partial charge on any atom is 0.167 e. The van der Waals surface area contributed by atoms with Crippen LogP contribution >= 0.6 is 11.3 Å². The maximum absolute atomic E-state index is 5.56. The molecule has 6 nitrogen and oxygen atoms in total. The molecule has 1 N–H and O–H groups in total. The molecule has 142 valence electrons. The molecule has 1 aliphatic rings. The van der Waals surface area contributed by atoms with Crippen molar-refractivity contribution >= 4 is 27.2 Å². The average Bonchev–Trinajstić information content (AvgIpc) is 3.42. The summed E-state index contributed by atoms with van der Waals surface area (Å²) in [5.74, 6) is 1.55. The highest BCUT2D eigenvalue weighted by molar-refractivity contribution is 7.22. The van der Waals surface area contributed by atoms with Gasteiger partial charge in [0, 0.05) is 13.1 Å². The Bertz CT molecular complexity index is 1100. The summed E-state index contributed by atoms with van der Waals surface area (Å²) < 4.78 is 12.2. The van der Waals surface area contributed by atoms with Gasteiger partial charge in [0.2, 0.25) is 0 Å². The summed E-state index contributed by atoms with van der Waals surface area (Å²) >= 11 is 1.64. The van der Waals surface area contributed by atoms with Gasteiger partial charge in [-0.1, -0.05) is 30.3 Å². The topological polar surface area (TPSA) is 63.3 Å². The first-order valence-electron chi connectivity index (χ1n) is 9.24. The van der Waals surface area contributed by atoms with E-state index in [1.807, 2.05) is 30.5 Å². The summed E-state index contributed by atoms with van der Waals surface area (Å²) in [5, 5.41) is 0.858. The molecule has 2 aromatic heterocycles. The van der Waals surface area contributed by atoms with Crippen LogP contribution in [-0.2, 0) is 4.74 Å². The Morgan fingerprint density at radius 2 is 1.93 bits per heavy atom.